The molecular formula is C14H20N2O. The third-order valence-corrected chi connectivity index (χ3v) is 3.46. The highest BCUT2D eigenvalue weighted by Crippen LogP contribution is 2.13. The number of rotatable bonds is 2. The Morgan fingerprint density at radius 3 is 2.76 bits per heavy atom. The summed E-state index contributed by atoms with van der Waals surface area (Å²) in [6, 6.07) is 7.86. The summed E-state index contributed by atoms with van der Waals surface area (Å²) in [6.07, 6.45) is 0. The zero-order chi connectivity index (χ0) is 12.4. The van der Waals surface area contributed by atoms with Crippen molar-refractivity contribution in [3.8, 4) is 0 Å². The van der Waals surface area contributed by atoms with Gasteiger partial charge in [-0.3, -0.25) is 9.69 Å². The zero-order valence-corrected chi connectivity index (χ0v) is 10.8. The summed E-state index contributed by atoms with van der Waals surface area (Å²) in [5, 5.41) is 0. The number of nitrogens with zero attached hydrogens (tertiary/aromatic N) is 2. The van der Waals surface area contributed by atoms with E-state index in [1.165, 1.54) is 0 Å². The third-order valence-electron chi connectivity index (χ3n) is 3.46. The van der Waals surface area contributed by atoms with Crippen LogP contribution in [0.1, 0.15) is 15.9 Å². The Balaban J connectivity index is 2.18. The fraction of sp³-hybridized carbons (Fsp3) is 0.500. The molecular weight excluding hydrogens is 212 g/mol. The number of hydrogen-bond acceptors (Lipinski definition) is 3. The third kappa shape index (κ3) is 2.73. The molecule has 1 heterocycles. The molecule has 0 N–H and O–H groups in total. The first-order valence-corrected chi connectivity index (χ1v) is 6.07. The molecule has 0 radical (unpaired) electrons. The van der Waals surface area contributed by atoms with Gasteiger partial charge >= 0.3 is 0 Å². The van der Waals surface area contributed by atoms with Gasteiger partial charge in [0.05, 0.1) is 6.04 Å². The van der Waals surface area contributed by atoms with Gasteiger partial charge in [-0.2, -0.15) is 0 Å². The first-order valence-electron chi connectivity index (χ1n) is 6.07. The maximum Gasteiger partial charge on any atom is 0.181 e. The molecule has 0 amide bonds. The molecule has 2 rings (SSSR count). The molecule has 0 spiro atoms. The molecule has 0 aromatic heterocycles. The van der Waals surface area contributed by atoms with Gasteiger partial charge in [0.15, 0.2) is 5.78 Å². The number of carbonyl (C=O) groups excluding carboxylic acids is 1. The summed E-state index contributed by atoms with van der Waals surface area (Å²) in [4.78, 5) is 16.8. The first-order chi connectivity index (χ1) is 8.08. The highest BCUT2D eigenvalue weighted by molar-refractivity contribution is 6.00. The molecule has 92 valence electrons. The molecule has 1 unspecified atom stereocenters. The van der Waals surface area contributed by atoms with Crippen molar-refractivity contribution in [1.82, 2.24) is 9.80 Å². The van der Waals surface area contributed by atoms with Crippen LogP contribution in [-0.2, 0) is 0 Å². The monoisotopic (exact) mass is 232 g/mol. The minimum absolute atomic E-state index is 0.00412. The summed E-state index contributed by atoms with van der Waals surface area (Å²) in [7, 11) is 4.11. The Bertz CT molecular complexity index is 416. The standard InChI is InChI=1S/C14H20N2O/c1-11-5-4-6-12(9-11)14(17)13-10-15(2)7-8-16(13)3/h4-6,9,13H,7-8,10H2,1-3H3. The van der Waals surface area contributed by atoms with Gasteiger partial charge < -0.3 is 4.90 Å². The van der Waals surface area contributed by atoms with Crippen molar-refractivity contribution >= 4 is 5.78 Å². The summed E-state index contributed by atoms with van der Waals surface area (Å²) >= 11 is 0. The Kier molecular flexibility index (Phi) is 3.60. The molecule has 1 aliphatic rings. The minimum Gasteiger partial charge on any atom is -0.303 e. The lowest BCUT2D eigenvalue weighted by Gasteiger charge is -2.36. The second kappa shape index (κ2) is 4.98. The van der Waals surface area contributed by atoms with Gasteiger partial charge in [-0.1, -0.05) is 23.8 Å². The van der Waals surface area contributed by atoms with E-state index in [0.717, 1.165) is 30.8 Å². The van der Waals surface area contributed by atoms with Crippen molar-refractivity contribution in [2.45, 2.75) is 13.0 Å². The van der Waals surface area contributed by atoms with Crippen molar-refractivity contribution < 1.29 is 4.79 Å². The smallest absolute Gasteiger partial charge is 0.181 e. The lowest BCUT2D eigenvalue weighted by atomic mass is 10.00. The van der Waals surface area contributed by atoms with Gasteiger partial charge in [-0.05, 0) is 27.1 Å². The molecule has 0 saturated carbocycles. The van der Waals surface area contributed by atoms with E-state index in [1.807, 2.05) is 38.2 Å². The summed E-state index contributed by atoms with van der Waals surface area (Å²) in [5.74, 6) is 0.239. The van der Waals surface area contributed by atoms with E-state index in [9.17, 15) is 4.79 Å². The normalized spacial score (nSPS) is 22.6. The second-order valence-electron chi connectivity index (χ2n) is 4.99. The van der Waals surface area contributed by atoms with Crippen LogP contribution in [0.15, 0.2) is 24.3 Å². The van der Waals surface area contributed by atoms with Crippen LogP contribution in [-0.4, -0.2) is 55.4 Å². The number of ketones is 1. The van der Waals surface area contributed by atoms with Crippen LogP contribution in [0.5, 0.6) is 0 Å². The van der Waals surface area contributed by atoms with E-state index in [1.54, 1.807) is 0 Å². The maximum absolute atomic E-state index is 12.4. The van der Waals surface area contributed by atoms with E-state index in [4.69, 9.17) is 0 Å². The van der Waals surface area contributed by atoms with Gasteiger partial charge in [-0.15, -0.1) is 0 Å². The van der Waals surface area contributed by atoms with Crippen molar-refractivity contribution in [2.75, 3.05) is 33.7 Å². The number of carbonyl (C=O) groups is 1. The molecule has 1 aromatic carbocycles. The zero-order valence-electron chi connectivity index (χ0n) is 10.8. The van der Waals surface area contributed by atoms with Gasteiger partial charge in [0, 0.05) is 25.2 Å². The average Bonchev–Trinajstić information content (AvgIpc) is 2.31. The molecule has 1 fully saturated rings. The first kappa shape index (κ1) is 12.3. The largest absolute Gasteiger partial charge is 0.303 e. The van der Waals surface area contributed by atoms with E-state index >= 15 is 0 Å². The number of hydrogen-bond donors (Lipinski definition) is 0. The van der Waals surface area contributed by atoms with Gasteiger partial charge in [0.25, 0.3) is 0 Å². The number of Topliss-reactive ketones (excluding diaryl/α,β-unsaturated/α-hetero) is 1. The van der Waals surface area contributed by atoms with Crippen LogP contribution < -0.4 is 0 Å². The maximum atomic E-state index is 12.4. The average molecular weight is 232 g/mol. The van der Waals surface area contributed by atoms with Crippen LogP contribution in [0.3, 0.4) is 0 Å². The van der Waals surface area contributed by atoms with Crippen LogP contribution in [0.25, 0.3) is 0 Å². The highest BCUT2D eigenvalue weighted by atomic mass is 16.1. The van der Waals surface area contributed by atoms with Crippen LogP contribution >= 0.6 is 0 Å². The molecule has 3 nitrogen and oxygen atoms in total. The van der Waals surface area contributed by atoms with Crippen molar-refractivity contribution in [3.05, 3.63) is 35.4 Å². The SMILES string of the molecule is Cc1cccc(C(=O)C2CN(C)CCN2C)c1. The molecule has 1 aliphatic heterocycles. The van der Waals surface area contributed by atoms with Gasteiger partial charge in [-0.25, -0.2) is 0 Å². The number of piperazine rings is 1. The van der Waals surface area contributed by atoms with Crippen LogP contribution in [0, 0.1) is 6.92 Å². The molecule has 1 aromatic rings. The predicted molar refractivity (Wildman–Crippen MR) is 69.4 cm³/mol. The van der Waals surface area contributed by atoms with Crippen molar-refractivity contribution in [3.63, 3.8) is 0 Å². The Morgan fingerprint density at radius 1 is 1.29 bits per heavy atom. The van der Waals surface area contributed by atoms with E-state index in [-0.39, 0.29) is 11.8 Å². The number of aryl methyl sites for hydroxylation is 1. The molecule has 1 saturated heterocycles. The number of benzene rings is 1. The Hall–Kier alpha value is -1.19. The number of likely N-dealkylation sites (N-methyl/N-ethyl adjacent to an activating group) is 2. The summed E-state index contributed by atoms with van der Waals surface area (Å²) < 4.78 is 0. The topological polar surface area (TPSA) is 23.6 Å². The van der Waals surface area contributed by atoms with E-state index in [0.29, 0.717) is 0 Å². The molecule has 17 heavy (non-hydrogen) atoms. The summed E-state index contributed by atoms with van der Waals surface area (Å²) in [6.45, 7) is 4.84. The quantitative estimate of drug-likeness (QED) is 0.721. The van der Waals surface area contributed by atoms with Crippen LogP contribution in [0.4, 0.5) is 0 Å². The van der Waals surface area contributed by atoms with E-state index in [2.05, 4.69) is 16.8 Å². The Labute approximate surface area is 103 Å². The summed E-state index contributed by atoms with van der Waals surface area (Å²) in [5.41, 5.74) is 1.97. The van der Waals surface area contributed by atoms with Gasteiger partial charge in [0.2, 0.25) is 0 Å². The Morgan fingerprint density at radius 2 is 2.06 bits per heavy atom. The lowest BCUT2D eigenvalue weighted by Crippen LogP contribution is -2.53. The minimum atomic E-state index is -0.00412. The molecule has 0 aliphatic carbocycles. The molecule has 1 atom stereocenters. The fourth-order valence-electron chi connectivity index (χ4n) is 2.28. The molecule has 3 heteroatoms. The molecule has 0 bridgehead atoms. The van der Waals surface area contributed by atoms with Crippen molar-refractivity contribution in [1.29, 1.82) is 0 Å². The highest BCUT2D eigenvalue weighted by Gasteiger charge is 2.28. The van der Waals surface area contributed by atoms with Crippen LogP contribution in [0.2, 0.25) is 0 Å². The van der Waals surface area contributed by atoms with E-state index < -0.39 is 0 Å². The second-order valence-corrected chi connectivity index (χ2v) is 4.99. The van der Waals surface area contributed by atoms with Gasteiger partial charge in [0.1, 0.15) is 0 Å². The van der Waals surface area contributed by atoms with Crippen molar-refractivity contribution in [2.24, 2.45) is 0 Å². The lowest BCUT2D eigenvalue weighted by molar-refractivity contribution is 0.0686. The predicted octanol–water partition coefficient (Wildman–Crippen LogP) is 1.42. The fourth-order valence-corrected chi connectivity index (χ4v) is 2.28.